The van der Waals surface area contributed by atoms with Gasteiger partial charge in [0.2, 0.25) is 0 Å². The third kappa shape index (κ3) is 2.28. The summed E-state index contributed by atoms with van der Waals surface area (Å²) in [6, 6.07) is 1.66. The molecule has 2 heterocycles. The van der Waals surface area contributed by atoms with Crippen LogP contribution in [0.1, 0.15) is 52.9 Å². The SMILES string of the molecule is CCCC1C[N+]2(CCCC2)CN1C(C)CC. The Morgan fingerprint density at radius 2 is 1.94 bits per heavy atom. The van der Waals surface area contributed by atoms with Crippen LogP contribution in [0.3, 0.4) is 0 Å². The maximum absolute atomic E-state index is 2.81. The van der Waals surface area contributed by atoms with Crippen molar-refractivity contribution in [1.29, 1.82) is 0 Å². The average molecular weight is 225 g/mol. The van der Waals surface area contributed by atoms with Gasteiger partial charge in [-0.1, -0.05) is 20.3 Å². The highest BCUT2D eigenvalue weighted by Crippen LogP contribution is 2.31. The first-order valence-corrected chi connectivity index (χ1v) is 7.31. The Labute approximate surface area is 101 Å². The fourth-order valence-corrected chi connectivity index (χ4v) is 3.73. The van der Waals surface area contributed by atoms with E-state index in [2.05, 4.69) is 25.7 Å². The molecular formula is C14H29N2+. The van der Waals surface area contributed by atoms with Crippen molar-refractivity contribution in [2.75, 3.05) is 26.3 Å². The van der Waals surface area contributed by atoms with Gasteiger partial charge in [0.25, 0.3) is 0 Å². The van der Waals surface area contributed by atoms with E-state index in [0.717, 1.165) is 12.1 Å². The molecule has 0 N–H and O–H groups in total. The van der Waals surface area contributed by atoms with Gasteiger partial charge in [0, 0.05) is 18.9 Å². The van der Waals surface area contributed by atoms with E-state index in [9.17, 15) is 0 Å². The topological polar surface area (TPSA) is 3.24 Å². The van der Waals surface area contributed by atoms with Gasteiger partial charge >= 0.3 is 0 Å². The molecule has 0 aromatic rings. The summed E-state index contributed by atoms with van der Waals surface area (Å²) in [5.74, 6) is 0. The minimum atomic E-state index is 0.787. The second-order valence-electron chi connectivity index (χ2n) is 6.03. The molecule has 0 amide bonds. The van der Waals surface area contributed by atoms with Crippen LogP contribution < -0.4 is 0 Å². The molecule has 2 fully saturated rings. The van der Waals surface area contributed by atoms with E-state index in [1.54, 1.807) is 0 Å². The fraction of sp³-hybridized carbons (Fsp3) is 1.00. The maximum atomic E-state index is 2.81. The Kier molecular flexibility index (Phi) is 3.91. The van der Waals surface area contributed by atoms with Crippen LogP contribution in [0.15, 0.2) is 0 Å². The van der Waals surface area contributed by atoms with Crippen molar-refractivity contribution in [2.24, 2.45) is 0 Å². The van der Waals surface area contributed by atoms with Crippen LogP contribution in [0.25, 0.3) is 0 Å². The third-order valence-electron chi connectivity index (χ3n) is 4.82. The summed E-state index contributed by atoms with van der Waals surface area (Å²) < 4.78 is 1.43. The lowest BCUT2D eigenvalue weighted by Crippen LogP contribution is -2.45. The van der Waals surface area contributed by atoms with Gasteiger partial charge in [-0.2, -0.15) is 0 Å². The summed E-state index contributed by atoms with van der Waals surface area (Å²) in [6.45, 7) is 12.8. The van der Waals surface area contributed by atoms with Crippen LogP contribution in [-0.4, -0.2) is 47.8 Å². The summed E-state index contributed by atoms with van der Waals surface area (Å²) in [5, 5.41) is 0. The monoisotopic (exact) mass is 225 g/mol. The Balaban J connectivity index is 2.04. The highest BCUT2D eigenvalue weighted by molar-refractivity contribution is 4.80. The quantitative estimate of drug-likeness (QED) is 0.665. The molecule has 2 saturated heterocycles. The molecule has 2 unspecified atom stereocenters. The molecule has 2 heteroatoms. The van der Waals surface area contributed by atoms with Crippen LogP contribution in [0.4, 0.5) is 0 Å². The van der Waals surface area contributed by atoms with Crippen molar-refractivity contribution in [3.63, 3.8) is 0 Å². The summed E-state index contributed by atoms with van der Waals surface area (Å²) >= 11 is 0. The first-order chi connectivity index (χ1) is 7.71. The smallest absolute Gasteiger partial charge is 0.135 e. The second kappa shape index (κ2) is 5.05. The van der Waals surface area contributed by atoms with E-state index in [4.69, 9.17) is 0 Å². The fourth-order valence-electron chi connectivity index (χ4n) is 3.73. The van der Waals surface area contributed by atoms with E-state index >= 15 is 0 Å². The van der Waals surface area contributed by atoms with Crippen molar-refractivity contribution in [3.8, 4) is 0 Å². The first-order valence-electron chi connectivity index (χ1n) is 7.31. The molecule has 2 aliphatic rings. The van der Waals surface area contributed by atoms with Gasteiger partial charge in [-0.25, -0.2) is 4.90 Å². The zero-order chi connectivity index (χ0) is 11.6. The standard InChI is InChI=1S/C14H29N2/c1-4-8-14-11-16(9-6-7-10-16)12-15(14)13(3)5-2/h13-14H,4-12H2,1-3H3/q+1. The molecule has 2 atom stereocenters. The zero-order valence-corrected chi connectivity index (χ0v) is 11.4. The highest BCUT2D eigenvalue weighted by atomic mass is 15.5. The lowest BCUT2D eigenvalue weighted by molar-refractivity contribution is -0.910. The van der Waals surface area contributed by atoms with Gasteiger partial charge in [0.1, 0.15) is 6.67 Å². The predicted molar refractivity (Wildman–Crippen MR) is 69.3 cm³/mol. The summed E-state index contributed by atoms with van der Waals surface area (Å²) in [7, 11) is 0. The molecule has 16 heavy (non-hydrogen) atoms. The van der Waals surface area contributed by atoms with Gasteiger partial charge in [0.15, 0.2) is 0 Å². The molecule has 0 saturated carbocycles. The van der Waals surface area contributed by atoms with E-state index in [1.807, 2.05) is 0 Å². The molecule has 2 aliphatic heterocycles. The van der Waals surface area contributed by atoms with Gasteiger partial charge in [-0.15, -0.1) is 0 Å². The molecule has 2 rings (SSSR count). The van der Waals surface area contributed by atoms with Crippen molar-refractivity contribution in [2.45, 2.75) is 65.0 Å². The Morgan fingerprint density at radius 1 is 1.25 bits per heavy atom. The summed E-state index contributed by atoms with van der Waals surface area (Å²) in [4.78, 5) is 2.81. The van der Waals surface area contributed by atoms with Crippen LogP contribution in [0.5, 0.6) is 0 Å². The van der Waals surface area contributed by atoms with E-state index in [0.29, 0.717) is 0 Å². The van der Waals surface area contributed by atoms with Crippen LogP contribution >= 0.6 is 0 Å². The van der Waals surface area contributed by atoms with Crippen molar-refractivity contribution in [3.05, 3.63) is 0 Å². The van der Waals surface area contributed by atoms with E-state index < -0.39 is 0 Å². The molecule has 0 bridgehead atoms. The molecule has 0 aromatic heterocycles. The van der Waals surface area contributed by atoms with Crippen LogP contribution in [0, 0.1) is 0 Å². The van der Waals surface area contributed by atoms with Crippen LogP contribution in [0.2, 0.25) is 0 Å². The zero-order valence-electron chi connectivity index (χ0n) is 11.4. The molecular weight excluding hydrogens is 196 g/mol. The van der Waals surface area contributed by atoms with E-state index in [-0.39, 0.29) is 0 Å². The average Bonchev–Trinajstić information content (AvgIpc) is 2.87. The minimum Gasteiger partial charge on any atom is -0.310 e. The lowest BCUT2D eigenvalue weighted by atomic mass is 10.1. The molecule has 0 aromatic carbocycles. The number of rotatable bonds is 4. The molecule has 94 valence electrons. The van der Waals surface area contributed by atoms with E-state index in [1.165, 1.54) is 62.9 Å². The Bertz CT molecular complexity index is 221. The first kappa shape index (κ1) is 12.4. The van der Waals surface area contributed by atoms with Crippen molar-refractivity contribution in [1.82, 2.24) is 4.90 Å². The van der Waals surface area contributed by atoms with Crippen molar-refractivity contribution >= 4 is 0 Å². The molecule has 0 radical (unpaired) electrons. The summed E-state index contributed by atoms with van der Waals surface area (Å²) in [6.07, 6.45) is 6.99. The second-order valence-corrected chi connectivity index (χ2v) is 6.03. The van der Waals surface area contributed by atoms with Gasteiger partial charge < -0.3 is 4.48 Å². The van der Waals surface area contributed by atoms with Gasteiger partial charge in [-0.3, -0.25) is 0 Å². The Morgan fingerprint density at radius 3 is 2.50 bits per heavy atom. The minimum absolute atomic E-state index is 0.787. The van der Waals surface area contributed by atoms with Gasteiger partial charge in [0.05, 0.1) is 25.7 Å². The summed E-state index contributed by atoms with van der Waals surface area (Å²) in [5.41, 5.74) is 0. The molecule has 0 aliphatic carbocycles. The Hall–Kier alpha value is -0.0800. The third-order valence-corrected chi connectivity index (χ3v) is 4.82. The number of hydrogen-bond acceptors (Lipinski definition) is 1. The molecule has 2 nitrogen and oxygen atoms in total. The molecule has 1 spiro atoms. The van der Waals surface area contributed by atoms with Gasteiger partial charge in [-0.05, 0) is 19.8 Å². The highest BCUT2D eigenvalue weighted by Gasteiger charge is 2.45. The predicted octanol–water partition coefficient (Wildman–Crippen LogP) is 2.84. The number of quaternary nitrogens is 1. The van der Waals surface area contributed by atoms with Crippen molar-refractivity contribution < 1.29 is 4.48 Å². The lowest BCUT2D eigenvalue weighted by Gasteiger charge is -2.30. The number of hydrogen-bond donors (Lipinski definition) is 0. The largest absolute Gasteiger partial charge is 0.310 e. The normalized spacial score (nSPS) is 31.3. The number of nitrogens with zero attached hydrogens (tertiary/aromatic N) is 2. The maximum Gasteiger partial charge on any atom is 0.135 e. The van der Waals surface area contributed by atoms with Crippen LogP contribution in [-0.2, 0) is 0 Å².